The molecule has 0 aliphatic carbocycles. The minimum absolute atomic E-state index is 0.200. The molecule has 2 aromatic rings. The number of rotatable bonds is 7. The number of aryl methyl sites for hydroxylation is 1. The quantitative estimate of drug-likeness (QED) is 0.668. The lowest BCUT2D eigenvalue weighted by molar-refractivity contribution is 0.0689. The van der Waals surface area contributed by atoms with Crippen LogP contribution in [0.4, 0.5) is 0 Å². The number of unbranched alkanes of at least 4 members (excludes halogenated alkanes) is 1. The minimum atomic E-state index is -3.56. The van der Waals surface area contributed by atoms with Gasteiger partial charge in [0.25, 0.3) is 11.5 Å². The summed E-state index contributed by atoms with van der Waals surface area (Å²) >= 11 is 0. The summed E-state index contributed by atoms with van der Waals surface area (Å²) in [6.07, 6.45) is 3.29. The zero-order valence-corrected chi connectivity index (χ0v) is 17.8. The van der Waals surface area contributed by atoms with Crippen LogP contribution in [-0.4, -0.2) is 59.5 Å². The maximum Gasteiger partial charge on any atom is 0.274 e. The molecule has 1 aromatic heterocycles. The monoisotopic (exact) mass is 430 g/mol. The second-order valence-corrected chi connectivity index (χ2v) is 8.90. The molecule has 8 nitrogen and oxygen atoms in total. The average Bonchev–Trinajstić information content (AvgIpc) is 2.77. The van der Waals surface area contributed by atoms with Gasteiger partial charge in [-0.25, -0.2) is 13.1 Å². The second kappa shape index (κ2) is 9.82. The van der Waals surface area contributed by atoms with Crippen LogP contribution in [0.25, 0.3) is 6.08 Å². The molecule has 1 aliphatic rings. The average molecular weight is 431 g/mol. The number of nitrogens with zero attached hydrogens (tertiary/aromatic N) is 4. The van der Waals surface area contributed by atoms with Gasteiger partial charge in [0.05, 0.1) is 0 Å². The number of piperazine rings is 1. The Labute approximate surface area is 176 Å². The van der Waals surface area contributed by atoms with Gasteiger partial charge in [-0.3, -0.25) is 9.59 Å². The van der Waals surface area contributed by atoms with E-state index in [0.717, 1.165) is 18.4 Å². The number of amides is 1. The number of carbonyl (C=O) groups excluding carboxylic acids is 1. The highest BCUT2D eigenvalue weighted by atomic mass is 32.2. The van der Waals surface area contributed by atoms with Crippen molar-refractivity contribution in [3.05, 3.63) is 69.5 Å². The molecule has 0 unspecified atom stereocenters. The van der Waals surface area contributed by atoms with Crippen molar-refractivity contribution in [2.75, 3.05) is 26.2 Å². The lowest BCUT2D eigenvalue weighted by Gasteiger charge is -2.33. The number of aromatic nitrogens is 2. The van der Waals surface area contributed by atoms with Crippen molar-refractivity contribution in [3.8, 4) is 0 Å². The van der Waals surface area contributed by atoms with E-state index in [1.165, 1.54) is 26.5 Å². The van der Waals surface area contributed by atoms with E-state index < -0.39 is 10.0 Å². The predicted octanol–water partition coefficient (Wildman–Crippen LogP) is 1.80. The Hall–Kier alpha value is -2.78. The van der Waals surface area contributed by atoms with Crippen molar-refractivity contribution in [3.63, 3.8) is 0 Å². The third-order valence-electron chi connectivity index (χ3n) is 4.93. The lowest BCUT2D eigenvalue weighted by atomic mass is 10.2. The fraction of sp³-hybridized carbons (Fsp3) is 0.381. The van der Waals surface area contributed by atoms with Crippen LogP contribution in [0.3, 0.4) is 0 Å². The minimum Gasteiger partial charge on any atom is -0.335 e. The van der Waals surface area contributed by atoms with Crippen molar-refractivity contribution in [1.29, 1.82) is 0 Å². The van der Waals surface area contributed by atoms with Crippen LogP contribution in [-0.2, 0) is 16.6 Å². The Kier molecular flexibility index (Phi) is 7.17. The van der Waals surface area contributed by atoms with E-state index in [4.69, 9.17) is 0 Å². The van der Waals surface area contributed by atoms with Crippen LogP contribution >= 0.6 is 0 Å². The molecule has 0 radical (unpaired) electrons. The molecule has 0 spiro atoms. The number of hydrogen-bond donors (Lipinski definition) is 0. The van der Waals surface area contributed by atoms with E-state index in [1.54, 1.807) is 11.0 Å². The first-order valence-electron chi connectivity index (χ1n) is 10.0. The van der Waals surface area contributed by atoms with E-state index in [9.17, 15) is 18.0 Å². The van der Waals surface area contributed by atoms with Gasteiger partial charge in [-0.15, -0.1) is 0 Å². The van der Waals surface area contributed by atoms with E-state index in [2.05, 4.69) is 5.10 Å². The molecule has 160 valence electrons. The van der Waals surface area contributed by atoms with Crippen molar-refractivity contribution in [1.82, 2.24) is 19.0 Å². The van der Waals surface area contributed by atoms with Gasteiger partial charge in [0.15, 0.2) is 0 Å². The molecule has 9 heteroatoms. The molecule has 1 fully saturated rings. The summed E-state index contributed by atoms with van der Waals surface area (Å²) in [7, 11) is -3.56. The van der Waals surface area contributed by atoms with Crippen LogP contribution < -0.4 is 5.56 Å². The van der Waals surface area contributed by atoms with Gasteiger partial charge in [-0.2, -0.15) is 9.40 Å². The fourth-order valence-corrected chi connectivity index (χ4v) is 4.33. The number of sulfonamides is 1. The molecule has 1 aliphatic heterocycles. The van der Waals surface area contributed by atoms with Crippen LogP contribution in [0.2, 0.25) is 0 Å². The fourth-order valence-electron chi connectivity index (χ4n) is 3.15. The summed E-state index contributed by atoms with van der Waals surface area (Å²) in [6, 6.07) is 12.0. The van der Waals surface area contributed by atoms with E-state index in [0.29, 0.717) is 6.54 Å². The van der Waals surface area contributed by atoms with Gasteiger partial charge in [0.2, 0.25) is 10.0 Å². The molecular formula is C21H26N4O4S. The molecule has 2 heterocycles. The first-order chi connectivity index (χ1) is 14.4. The second-order valence-electron chi connectivity index (χ2n) is 7.08. The molecule has 0 bridgehead atoms. The molecule has 1 saturated heterocycles. The standard InChI is InChI=1S/C21H26N4O4S/c1-2-3-12-25-20(26)10-9-19(22-25)21(27)23-13-15-24(16-14-23)30(28,29)17-11-18-7-5-4-6-8-18/h4-11,17H,2-3,12-16H2,1H3/b17-11+. The van der Waals surface area contributed by atoms with Crippen LogP contribution in [0.5, 0.6) is 0 Å². The summed E-state index contributed by atoms with van der Waals surface area (Å²) in [5.74, 6) is -0.294. The first-order valence-corrected chi connectivity index (χ1v) is 11.5. The smallest absolute Gasteiger partial charge is 0.274 e. The third-order valence-corrected chi connectivity index (χ3v) is 6.49. The largest absolute Gasteiger partial charge is 0.335 e. The lowest BCUT2D eigenvalue weighted by Crippen LogP contribution is -2.50. The van der Waals surface area contributed by atoms with Crippen molar-refractivity contribution in [2.24, 2.45) is 0 Å². The number of benzene rings is 1. The zero-order chi connectivity index (χ0) is 21.6. The summed E-state index contributed by atoms with van der Waals surface area (Å²) in [6.45, 7) is 3.45. The van der Waals surface area contributed by atoms with Gasteiger partial charge >= 0.3 is 0 Å². The number of carbonyl (C=O) groups is 1. The number of hydrogen-bond acceptors (Lipinski definition) is 5. The molecule has 1 amide bonds. The Morgan fingerprint density at radius 2 is 1.77 bits per heavy atom. The highest BCUT2D eigenvalue weighted by molar-refractivity contribution is 7.92. The van der Waals surface area contributed by atoms with Gasteiger partial charge in [-0.05, 0) is 24.1 Å². The SMILES string of the molecule is CCCCn1nc(C(=O)N2CCN(S(=O)(=O)/C=C/c3ccccc3)CC2)ccc1=O. The molecule has 3 rings (SSSR count). The Morgan fingerprint density at radius 3 is 2.43 bits per heavy atom. The molecule has 0 saturated carbocycles. The summed E-state index contributed by atoms with van der Waals surface area (Å²) in [5, 5.41) is 5.39. The highest BCUT2D eigenvalue weighted by Gasteiger charge is 2.28. The van der Waals surface area contributed by atoms with Crippen molar-refractivity contribution in [2.45, 2.75) is 26.3 Å². The van der Waals surface area contributed by atoms with Crippen LogP contribution in [0.1, 0.15) is 35.8 Å². The Morgan fingerprint density at radius 1 is 1.07 bits per heavy atom. The van der Waals surface area contributed by atoms with Gasteiger partial charge in [0, 0.05) is 44.2 Å². The van der Waals surface area contributed by atoms with Crippen LogP contribution in [0, 0.1) is 0 Å². The topological polar surface area (TPSA) is 92.6 Å². The maximum atomic E-state index is 12.8. The summed E-state index contributed by atoms with van der Waals surface area (Å²) in [5.41, 5.74) is 0.770. The van der Waals surface area contributed by atoms with Crippen molar-refractivity contribution < 1.29 is 13.2 Å². The zero-order valence-electron chi connectivity index (χ0n) is 17.0. The molecule has 0 N–H and O–H groups in total. The predicted molar refractivity (Wildman–Crippen MR) is 115 cm³/mol. The molecule has 1 aromatic carbocycles. The van der Waals surface area contributed by atoms with Gasteiger partial charge in [-0.1, -0.05) is 43.7 Å². The first kappa shape index (κ1) is 21.9. The maximum absolute atomic E-state index is 12.8. The Balaban J connectivity index is 1.63. The highest BCUT2D eigenvalue weighted by Crippen LogP contribution is 2.13. The van der Waals surface area contributed by atoms with E-state index >= 15 is 0 Å². The summed E-state index contributed by atoms with van der Waals surface area (Å²) in [4.78, 5) is 26.2. The van der Waals surface area contributed by atoms with Crippen molar-refractivity contribution >= 4 is 22.0 Å². The van der Waals surface area contributed by atoms with Gasteiger partial charge < -0.3 is 4.90 Å². The Bertz CT molecular complexity index is 1060. The van der Waals surface area contributed by atoms with Gasteiger partial charge in [0.1, 0.15) is 5.69 Å². The molecular weight excluding hydrogens is 404 g/mol. The van der Waals surface area contributed by atoms with E-state index in [-0.39, 0.29) is 43.3 Å². The molecule has 0 atom stereocenters. The van der Waals surface area contributed by atoms with Crippen LogP contribution in [0.15, 0.2) is 52.7 Å². The normalized spacial score (nSPS) is 15.6. The molecule has 30 heavy (non-hydrogen) atoms. The summed E-state index contributed by atoms with van der Waals surface area (Å²) < 4.78 is 27.8. The van der Waals surface area contributed by atoms with E-state index in [1.807, 2.05) is 37.3 Å². The third kappa shape index (κ3) is 5.43.